The lowest BCUT2D eigenvalue weighted by atomic mass is 9.99. The van der Waals surface area contributed by atoms with E-state index in [9.17, 15) is 0 Å². The summed E-state index contributed by atoms with van der Waals surface area (Å²) in [4.78, 5) is 4.71. The molecule has 0 aromatic heterocycles. The van der Waals surface area contributed by atoms with Gasteiger partial charge < -0.3 is 14.2 Å². The third-order valence-electron chi connectivity index (χ3n) is 3.88. The van der Waals surface area contributed by atoms with Crippen molar-refractivity contribution in [2.45, 2.75) is 52.0 Å². The van der Waals surface area contributed by atoms with Gasteiger partial charge in [-0.05, 0) is 38.8 Å². The largest absolute Gasteiger partial charge is 0.493 e. The molecule has 0 unspecified atom stereocenters. The summed E-state index contributed by atoms with van der Waals surface area (Å²) in [6.45, 7) is 6.98. The Morgan fingerprint density at radius 2 is 1.95 bits per heavy atom. The maximum absolute atomic E-state index is 5.83. The molecule has 0 fully saturated rings. The van der Waals surface area contributed by atoms with Crippen LogP contribution in [0, 0.1) is 0 Å². The van der Waals surface area contributed by atoms with Gasteiger partial charge in [-0.3, -0.25) is 0 Å². The Morgan fingerprint density at radius 1 is 1.18 bits per heavy atom. The average molecular weight is 305 g/mol. The maximum Gasteiger partial charge on any atom is 0.217 e. The number of methoxy groups -OCH3 is 2. The SMILES string of the molecule is CCCCCc1c(C2=NC(C)(C)CO2)ccc(OC)c1OC. The van der Waals surface area contributed by atoms with E-state index < -0.39 is 0 Å². The van der Waals surface area contributed by atoms with Crippen LogP contribution in [0.5, 0.6) is 11.5 Å². The molecule has 2 rings (SSSR count). The molecule has 1 aromatic carbocycles. The lowest BCUT2D eigenvalue weighted by molar-refractivity contribution is 0.279. The van der Waals surface area contributed by atoms with Gasteiger partial charge in [0, 0.05) is 11.1 Å². The summed E-state index contributed by atoms with van der Waals surface area (Å²) in [5, 5.41) is 0. The fourth-order valence-corrected chi connectivity index (χ4v) is 2.71. The van der Waals surface area contributed by atoms with Crippen LogP contribution >= 0.6 is 0 Å². The zero-order valence-electron chi connectivity index (χ0n) is 14.4. The second-order valence-electron chi connectivity index (χ2n) is 6.30. The predicted molar refractivity (Wildman–Crippen MR) is 89.3 cm³/mol. The second kappa shape index (κ2) is 7.03. The van der Waals surface area contributed by atoms with Crippen LogP contribution in [-0.2, 0) is 11.2 Å². The molecule has 0 saturated carbocycles. The minimum Gasteiger partial charge on any atom is -0.493 e. The van der Waals surface area contributed by atoms with Gasteiger partial charge >= 0.3 is 0 Å². The first-order valence-corrected chi connectivity index (χ1v) is 7.99. The fraction of sp³-hybridized carbons (Fsp3) is 0.611. The van der Waals surface area contributed by atoms with Gasteiger partial charge in [-0.1, -0.05) is 19.8 Å². The number of ether oxygens (including phenoxy) is 3. The quantitative estimate of drug-likeness (QED) is 0.715. The standard InChI is InChI=1S/C18H27NO3/c1-6-7-8-9-13-14(17-19-18(2,3)12-22-17)10-11-15(20-4)16(13)21-5/h10-11H,6-9,12H2,1-5H3. The summed E-state index contributed by atoms with van der Waals surface area (Å²) in [6, 6.07) is 3.96. The van der Waals surface area contributed by atoms with Crippen LogP contribution in [0.4, 0.5) is 0 Å². The van der Waals surface area contributed by atoms with Crippen LogP contribution in [0.25, 0.3) is 0 Å². The van der Waals surface area contributed by atoms with Crippen molar-refractivity contribution in [3.05, 3.63) is 23.3 Å². The highest BCUT2D eigenvalue weighted by Gasteiger charge is 2.29. The van der Waals surface area contributed by atoms with Crippen molar-refractivity contribution in [1.82, 2.24) is 0 Å². The monoisotopic (exact) mass is 305 g/mol. The van der Waals surface area contributed by atoms with E-state index in [0.29, 0.717) is 6.61 Å². The van der Waals surface area contributed by atoms with Crippen molar-refractivity contribution in [3.63, 3.8) is 0 Å². The molecule has 0 amide bonds. The van der Waals surface area contributed by atoms with Crippen LogP contribution in [0.15, 0.2) is 17.1 Å². The first-order valence-electron chi connectivity index (χ1n) is 7.99. The smallest absolute Gasteiger partial charge is 0.217 e. The predicted octanol–water partition coefficient (Wildman–Crippen LogP) is 3.99. The van der Waals surface area contributed by atoms with Gasteiger partial charge in [0.25, 0.3) is 0 Å². The lowest BCUT2D eigenvalue weighted by Gasteiger charge is -2.16. The van der Waals surface area contributed by atoms with Crippen molar-refractivity contribution in [1.29, 1.82) is 0 Å². The molecule has 0 spiro atoms. The van der Waals surface area contributed by atoms with Crippen LogP contribution in [0.1, 0.15) is 51.2 Å². The molecule has 0 atom stereocenters. The molecule has 0 aliphatic carbocycles. The molecule has 1 aliphatic rings. The summed E-state index contributed by atoms with van der Waals surface area (Å²) in [5.41, 5.74) is 1.99. The van der Waals surface area contributed by atoms with E-state index >= 15 is 0 Å². The minimum absolute atomic E-state index is 0.164. The number of benzene rings is 1. The molecule has 0 N–H and O–H groups in total. The highest BCUT2D eigenvalue weighted by molar-refractivity contribution is 5.98. The van der Waals surface area contributed by atoms with Crippen LogP contribution in [0.3, 0.4) is 0 Å². The summed E-state index contributed by atoms with van der Waals surface area (Å²) < 4.78 is 16.9. The van der Waals surface area contributed by atoms with E-state index in [1.165, 1.54) is 12.8 Å². The summed E-state index contributed by atoms with van der Waals surface area (Å²) in [6.07, 6.45) is 4.43. The fourth-order valence-electron chi connectivity index (χ4n) is 2.71. The highest BCUT2D eigenvalue weighted by atomic mass is 16.5. The van der Waals surface area contributed by atoms with Gasteiger partial charge in [-0.2, -0.15) is 0 Å². The molecular formula is C18H27NO3. The molecule has 1 aliphatic heterocycles. The van der Waals surface area contributed by atoms with Crippen molar-refractivity contribution < 1.29 is 14.2 Å². The van der Waals surface area contributed by atoms with Crippen molar-refractivity contribution in [2.75, 3.05) is 20.8 Å². The van der Waals surface area contributed by atoms with E-state index in [4.69, 9.17) is 19.2 Å². The topological polar surface area (TPSA) is 40.0 Å². The van der Waals surface area contributed by atoms with E-state index in [1.54, 1.807) is 14.2 Å². The molecule has 0 saturated heterocycles. The molecule has 0 radical (unpaired) electrons. The Bertz CT molecular complexity index is 550. The van der Waals surface area contributed by atoms with E-state index in [-0.39, 0.29) is 5.54 Å². The maximum atomic E-state index is 5.83. The number of rotatable bonds is 7. The van der Waals surface area contributed by atoms with Crippen LogP contribution < -0.4 is 9.47 Å². The zero-order chi connectivity index (χ0) is 16.2. The molecule has 1 heterocycles. The first kappa shape index (κ1) is 16.7. The molecule has 4 heteroatoms. The molecule has 22 heavy (non-hydrogen) atoms. The Balaban J connectivity index is 2.44. The van der Waals surface area contributed by atoms with Crippen LogP contribution in [-0.4, -0.2) is 32.3 Å². The minimum atomic E-state index is -0.164. The Labute approximate surface area is 133 Å². The Morgan fingerprint density at radius 3 is 2.50 bits per heavy atom. The number of unbranched alkanes of at least 4 members (excludes halogenated alkanes) is 2. The third kappa shape index (κ3) is 3.54. The first-order chi connectivity index (χ1) is 10.5. The molecule has 4 nitrogen and oxygen atoms in total. The van der Waals surface area contributed by atoms with Gasteiger partial charge in [0.1, 0.15) is 6.61 Å². The number of nitrogens with zero attached hydrogens (tertiary/aromatic N) is 1. The van der Waals surface area contributed by atoms with E-state index in [1.807, 2.05) is 12.1 Å². The van der Waals surface area contributed by atoms with Gasteiger partial charge in [0.05, 0.1) is 19.8 Å². The van der Waals surface area contributed by atoms with Crippen molar-refractivity contribution in [2.24, 2.45) is 4.99 Å². The van der Waals surface area contributed by atoms with E-state index in [2.05, 4.69) is 20.8 Å². The second-order valence-corrected chi connectivity index (χ2v) is 6.30. The van der Waals surface area contributed by atoms with Crippen molar-refractivity contribution >= 4 is 5.90 Å². The molecule has 122 valence electrons. The molecule has 0 bridgehead atoms. The van der Waals surface area contributed by atoms with Crippen LogP contribution in [0.2, 0.25) is 0 Å². The molecular weight excluding hydrogens is 278 g/mol. The zero-order valence-corrected chi connectivity index (χ0v) is 14.4. The Kier molecular flexibility index (Phi) is 5.33. The number of hydrogen-bond acceptors (Lipinski definition) is 4. The average Bonchev–Trinajstić information content (AvgIpc) is 2.86. The van der Waals surface area contributed by atoms with Gasteiger partial charge in [0.2, 0.25) is 5.90 Å². The van der Waals surface area contributed by atoms with Gasteiger partial charge in [0.15, 0.2) is 11.5 Å². The summed E-state index contributed by atoms with van der Waals surface area (Å²) >= 11 is 0. The third-order valence-corrected chi connectivity index (χ3v) is 3.88. The van der Waals surface area contributed by atoms with Gasteiger partial charge in [-0.15, -0.1) is 0 Å². The Hall–Kier alpha value is -1.71. The number of hydrogen-bond donors (Lipinski definition) is 0. The normalized spacial score (nSPS) is 16.1. The molecule has 1 aromatic rings. The lowest BCUT2D eigenvalue weighted by Crippen LogP contribution is -2.17. The van der Waals surface area contributed by atoms with Crippen molar-refractivity contribution in [3.8, 4) is 11.5 Å². The van der Waals surface area contributed by atoms with Gasteiger partial charge in [-0.25, -0.2) is 4.99 Å². The van der Waals surface area contributed by atoms with E-state index in [0.717, 1.165) is 41.4 Å². The summed E-state index contributed by atoms with van der Waals surface area (Å²) in [7, 11) is 3.35. The summed E-state index contributed by atoms with van der Waals surface area (Å²) in [5.74, 6) is 2.28. The number of aliphatic imine (C=N–C) groups is 1. The highest BCUT2D eigenvalue weighted by Crippen LogP contribution is 2.36.